The van der Waals surface area contributed by atoms with Gasteiger partial charge in [-0.1, -0.05) is 0 Å². The van der Waals surface area contributed by atoms with Crippen molar-refractivity contribution in [3.05, 3.63) is 0 Å². The van der Waals surface area contributed by atoms with E-state index in [1.54, 1.807) is 11.9 Å². The maximum absolute atomic E-state index is 11.7. The molecular formula is C17H30N4O4. The van der Waals surface area contributed by atoms with Crippen molar-refractivity contribution in [2.45, 2.75) is 31.5 Å². The normalized spacial score (nSPS) is 29.7. The number of hydrogen-bond acceptors (Lipinski definition) is 7. The van der Waals surface area contributed by atoms with Crippen molar-refractivity contribution in [3.63, 3.8) is 0 Å². The lowest BCUT2D eigenvalue weighted by Gasteiger charge is -2.46. The van der Waals surface area contributed by atoms with Crippen LogP contribution in [-0.4, -0.2) is 99.0 Å². The third-order valence-corrected chi connectivity index (χ3v) is 5.71. The molecule has 2 atom stereocenters. The molecule has 0 aromatic rings. The van der Waals surface area contributed by atoms with Crippen LogP contribution >= 0.6 is 0 Å². The Kier molecular flexibility index (Phi) is 6.14. The largest absolute Gasteiger partial charge is 0.469 e. The van der Waals surface area contributed by atoms with Crippen molar-refractivity contribution in [2.24, 2.45) is 5.92 Å². The highest BCUT2D eigenvalue weighted by molar-refractivity contribution is 5.69. The Labute approximate surface area is 149 Å². The number of esters is 1. The Hall–Kier alpha value is -1.38. The molecule has 3 fully saturated rings. The number of piperidine rings is 1. The van der Waals surface area contributed by atoms with Crippen LogP contribution in [0.1, 0.15) is 19.3 Å². The molecule has 1 amide bonds. The standard InChI is InChI=1S/C17H30N4O4/c1-19-12-15(25-17(19)23)21-10-9-20(8-5-16(22)24-2)14(11-21)13-3-6-18-7-4-13/h13-15,18H,3-12H2,1-2H3. The van der Waals surface area contributed by atoms with Crippen molar-refractivity contribution < 1.29 is 19.1 Å². The van der Waals surface area contributed by atoms with E-state index >= 15 is 0 Å². The van der Waals surface area contributed by atoms with Crippen molar-refractivity contribution in [1.29, 1.82) is 0 Å². The fourth-order valence-corrected chi connectivity index (χ4v) is 4.16. The van der Waals surface area contributed by atoms with Crippen LogP contribution in [0.4, 0.5) is 4.79 Å². The minimum Gasteiger partial charge on any atom is -0.469 e. The molecule has 3 aliphatic heterocycles. The summed E-state index contributed by atoms with van der Waals surface area (Å²) in [5.41, 5.74) is 0. The van der Waals surface area contributed by atoms with Crippen LogP contribution in [0.15, 0.2) is 0 Å². The van der Waals surface area contributed by atoms with Crippen LogP contribution in [-0.2, 0) is 14.3 Å². The van der Waals surface area contributed by atoms with Gasteiger partial charge in [0.15, 0.2) is 6.23 Å². The molecule has 8 heteroatoms. The van der Waals surface area contributed by atoms with Crippen molar-refractivity contribution in [3.8, 4) is 0 Å². The molecule has 3 aliphatic rings. The number of cyclic esters (lactones) is 1. The molecule has 0 bridgehead atoms. The van der Waals surface area contributed by atoms with Gasteiger partial charge in [-0.05, 0) is 31.8 Å². The molecule has 0 aliphatic carbocycles. The van der Waals surface area contributed by atoms with E-state index in [-0.39, 0.29) is 18.3 Å². The maximum atomic E-state index is 11.7. The molecule has 0 spiro atoms. The lowest BCUT2D eigenvalue weighted by molar-refractivity contribution is -0.141. The molecule has 2 unspecified atom stereocenters. The molecule has 0 saturated carbocycles. The molecular weight excluding hydrogens is 324 g/mol. The Bertz CT molecular complexity index is 483. The molecule has 0 radical (unpaired) electrons. The molecule has 3 heterocycles. The third-order valence-electron chi connectivity index (χ3n) is 5.71. The molecule has 142 valence electrons. The lowest BCUT2D eigenvalue weighted by Crippen LogP contribution is -2.60. The van der Waals surface area contributed by atoms with E-state index < -0.39 is 0 Å². The van der Waals surface area contributed by atoms with Gasteiger partial charge in [0, 0.05) is 39.3 Å². The number of carbonyl (C=O) groups excluding carboxylic acids is 2. The highest BCUT2D eigenvalue weighted by atomic mass is 16.6. The summed E-state index contributed by atoms with van der Waals surface area (Å²) in [4.78, 5) is 29.6. The molecule has 1 N–H and O–H groups in total. The zero-order chi connectivity index (χ0) is 17.8. The quantitative estimate of drug-likeness (QED) is 0.694. The molecule has 3 rings (SSSR count). The van der Waals surface area contributed by atoms with E-state index in [1.807, 2.05) is 0 Å². The number of piperazine rings is 1. The number of hydrogen-bond donors (Lipinski definition) is 1. The fourth-order valence-electron chi connectivity index (χ4n) is 4.16. The van der Waals surface area contributed by atoms with E-state index in [4.69, 9.17) is 9.47 Å². The summed E-state index contributed by atoms with van der Waals surface area (Å²) in [5, 5.41) is 3.42. The lowest BCUT2D eigenvalue weighted by atomic mass is 9.87. The first kappa shape index (κ1) is 18.4. The van der Waals surface area contributed by atoms with E-state index in [0.29, 0.717) is 24.9 Å². The van der Waals surface area contributed by atoms with Crippen LogP contribution in [0.3, 0.4) is 0 Å². The average Bonchev–Trinajstić information content (AvgIpc) is 2.99. The number of rotatable bonds is 5. The van der Waals surface area contributed by atoms with Crippen LogP contribution in [0.5, 0.6) is 0 Å². The first-order chi connectivity index (χ1) is 12.1. The predicted molar refractivity (Wildman–Crippen MR) is 92.1 cm³/mol. The molecule has 0 aromatic heterocycles. The smallest absolute Gasteiger partial charge is 0.411 e. The number of nitrogens with zero attached hydrogens (tertiary/aromatic N) is 3. The highest BCUT2D eigenvalue weighted by Crippen LogP contribution is 2.27. The van der Waals surface area contributed by atoms with Gasteiger partial charge in [0.25, 0.3) is 0 Å². The van der Waals surface area contributed by atoms with E-state index in [1.165, 1.54) is 7.11 Å². The molecule has 8 nitrogen and oxygen atoms in total. The van der Waals surface area contributed by atoms with Gasteiger partial charge in [-0.3, -0.25) is 14.6 Å². The minimum absolute atomic E-state index is 0.149. The van der Waals surface area contributed by atoms with Gasteiger partial charge in [0.05, 0.1) is 20.1 Å². The number of carbonyl (C=O) groups is 2. The molecule has 25 heavy (non-hydrogen) atoms. The average molecular weight is 354 g/mol. The monoisotopic (exact) mass is 354 g/mol. The Morgan fingerprint density at radius 1 is 1.28 bits per heavy atom. The van der Waals surface area contributed by atoms with E-state index in [2.05, 4.69) is 15.1 Å². The second-order valence-electron chi connectivity index (χ2n) is 7.23. The van der Waals surface area contributed by atoms with Gasteiger partial charge in [-0.25, -0.2) is 4.79 Å². The minimum atomic E-state index is -0.239. The number of ether oxygens (including phenoxy) is 2. The number of nitrogens with one attached hydrogen (secondary N) is 1. The summed E-state index contributed by atoms with van der Waals surface area (Å²) in [6.07, 6.45) is 2.34. The van der Waals surface area contributed by atoms with E-state index in [9.17, 15) is 9.59 Å². The topological polar surface area (TPSA) is 74.4 Å². The van der Waals surface area contributed by atoms with Crippen molar-refractivity contribution in [1.82, 2.24) is 20.0 Å². The molecule has 3 saturated heterocycles. The van der Waals surface area contributed by atoms with Crippen molar-refractivity contribution >= 4 is 12.1 Å². The zero-order valence-electron chi connectivity index (χ0n) is 15.3. The second kappa shape index (κ2) is 8.33. The van der Waals surface area contributed by atoms with Crippen LogP contribution < -0.4 is 5.32 Å². The number of amides is 1. The Morgan fingerprint density at radius 2 is 2.04 bits per heavy atom. The third kappa shape index (κ3) is 4.43. The summed E-state index contributed by atoms with van der Waals surface area (Å²) in [6.45, 7) is 6.09. The summed E-state index contributed by atoms with van der Waals surface area (Å²) >= 11 is 0. The summed E-state index contributed by atoms with van der Waals surface area (Å²) < 4.78 is 10.3. The Morgan fingerprint density at radius 3 is 2.68 bits per heavy atom. The summed E-state index contributed by atoms with van der Waals surface area (Å²) in [6, 6.07) is 0.394. The van der Waals surface area contributed by atoms with Gasteiger partial charge in [-0.2, -0.15) is 0 Å². The van der Waals surface area contributed by atoms with Gasteiger partial charge >= 0.3 is 12.1 Å². The SMILES string of the molecule is COC(=O)CCN1CCN(C2CN(C)C(=O)O2)CC1C1CCNCC1. The van der Waals surface area contributed by atoms with Crippen molar-refractivity contribution in [2.75, 3.05) is 60.0 Å². The summed E-state index contributed by atoms with van der Waals surface area (Å²) in [5.74, 6) is 0.453. The van der Waals surface area contributed by atoms with Crippen LogP contribution in [0.2, 0.25) is 0 Å². The number of methoxy groups -OCH3 is 1. The van der Waals surface area contributed by atoms with E-state index in [0.717, 1.165) is 52.1 Å². The van der Waals surface area contributed by atoms with Gasteiger partial charge in [0.2, 0.25) is 0 Å². The Balaban J connectivity index is 1.64. The summed E-state index contributed by atoms with van der Waals surface area (Å²) in [7, 11) is 3.22. The number of likely N-dealkylation sites (N-methyl/N-ethyl adjacent to an activating group) is 1. The zero-order valence-corrected chi connectivity index (χ0v) is 15.3. The highest BCUT2D eigenvalue weighted by Gasteiger charge is 2.40. The maximum Gasteiger partial charge on any atom is 0.411 e. The second-order valence-corrected chi connectivity index (χ2v) is 7.23. The van der Waals surface area contributed by atoms with Gasteiger partial charge in [-0.15, -0.1) is 0 Å². The van der Waals surface area contributed by atoms with Crippen LogP contribution in [0, 0.1) is 5.92 Å². The van der Waals surface area contributed by atoms with Crippen LogP contribution in [0.25, 0.3) is 0 Å². The van der Waals surface area contributed by atoms with Gasteiger partial charge in [0.1, 0.15) is 0 Å². The predicted octanol–water partition coefficient (Wildman–Crippen LogP) is -0.0566. The first-order valence-electron chi connectivity index (χ1n) is 9.26. The first-order valence-corrected chi connectivity index (χ1v) is 9.26. The fraction of sp³-hybridized carbons (Fsp3) is 0.882. The molecule has 0 aromatic carbocycles. The van der Waals surface area contributed by atoms with Gasteiger partial charge < -0.3 is 19.7 Å².